The zero-order valence-electron chi connectivity index (χ0n) is 26.4. The molecule has 3 fully saturated rings. The van der Waals surface area contributed by atoms with Gasteiger partial charge in [-0.3, -0.25) is 14.4 Å². The number of hydrogen-bond acceptors (Lipinski definition) is 11. The molecule has 1 aromatic heterocycles. The third-order valence-electron chi connectivity index (χ3n) is 9.77. The van der Waals surface area contributed by atoms with E-state index in [-0.39, 0.29) is 29.5 Å². The van der Waals surface area contributed by atoms with Gasteiger partial charge in [-0.25, -0.2) is 9.59 Å². The Labute approximate surface area is 260 Å². The predicted molar refractivity (Wildman–Crippen MR) is 157 cm³/mol. The van der Waals surface area contributed by atoms with Crippen LogP contribution in [-0.2, 0) is 40.3 Å². The molecule has 8 atom stereocenters. The van der Waals surface area contributed by atoms with Crippen molar-refractivity contribution in [2.75, 3.05) is 0 Å². The number of rotatable bonds is 6. The van der Waals surface area contributed by atoms with Crippen LogP contribution in [0.2, 0.25) is 0 Å². The van der Waals surface area contributed by atoms with Crippen LogP contribution in [0.25, 0.3) is 0 Å². The van der Waals surface area contributed by atoms with E-state index in [0.717, 1.165) is 0 Å². The second-order valence-corrected chi connectivity index (χ2v) is 13.1. The van der Waals surface area contributed by atoms with Crippen LogP contribution in [0.15, 0.2) is 53.5 Å². The lowest BCUT2D eigenvalue weighted by molar-refractivity contribution is -0.335. The van der Waals surface area contributed by atoms with Crippen LogP contribution in [0.1, 0.15) is 75.1 Å². The maximum absolute atomic E-state index is 13.8. The zero-order valence-corrected chi connectivity index (χ0v) is 26.4. The molecule has 2 heterocycles. The molecule has 2 bridgehead atoms. The lowest BCUT2D eigenvalue weighted by atomic mass is 9.47. The van der Waals surface area contributed by atoms with E-state index in [4.69, 9.17) is 23.7 Å². The number of carbonyl (C=O) groups excluding carboxylic acids is 4. The number of esters is 4. The van der Waals surface area contributed by atoms with Crippen molar-refractivity contribution >= 4 is 23.9 Å². The van der Waals surface area contributed by atoms with Gasteiger partial charge in [0.2, 0.25) is 5.56 Å². The fourth-order valence-electron chi connectivity index (χ4n) is 7.91. The van der Waals surface area contributed by atoms with Gasteiger partial charge in [0.15, 0.2) is 6.10 Å². The third-order valence-corrected chi connectivity index (χ3v) is 9.77. The Morgan fingerprint density at radius 2 is 1.44 bits per heavy atom. The first kappa shape index (κ1) is 32.4. The summed E-state index contributed by atoms with van der Waals surface area (Å²) in [6.45, 7) is 9.04. The number of aromatic nitrogens is 1. The van der Waals surface area contributed by atoms with Gasteiger partial charge in [-0.05, 0) is 58.7 Å². The van der Waals surface area contributed by atoms with Crippen LogP contribution >= 0.6 is 0 Å². The maximum atomic E-state index is 13.8. The molecule has 1 aromatic carbocycles. The number of fused-ring (bicyclic) bond motifs is 1. The summed E-state index contributed by atoms with van der Waals surface area (Å²) in [7, 11) is 1.49. The molecule has 1 aliphatic heterocycles. The largest absolute Gasteiger partial charge is 0.462 e. The fourth-order valence-corrected chi connectivity index (χ4v) is 7.91. The first-order chi connectivity index (χ1) is 21.0. The molecule has 1 saturated heterocycles. The van der Waals surface area contributed by atoms with Crippen LogP contribution in [-0.4, -0.2) is 74.8 Å². The van der Waals surface area contributed by atoms with Gasteiger partial charge >= 0.3 is 23.9 Å². The lowest BCUT2D eigenvalue weighted by Crippen LogP contribution is -2.81. The SMILES string of the molecule is CC(=O)O[C@H]1[C@H]2[C@H](OC(=O)c3ccc(=O)n(C)c3)[C@]3(OC2(C)C)[C@@](C)([C@@H](OC(C)=O)CC[C@]3(C)O)[C@@H]1OC(=O)c1ccccc1. The van der Waals surface area contributed by atoms with E-state index in [1.165, 1.54) is 43.8 Å². The van der Waals surface area contributed by atoms with Crippen molar-refractivity contribution in [2.24, 2.45) is 18.4 Å². The van der Waals surface area contributed by atoms with Crippen molar-refractivity contribution in [1.82, 2.24) is 4.57 Å². The number of ether oxygens (including phenoxy) is 5. The standard InChI is InChI=1S/C33H39NO11/c1-18(35)41-22-15-16-31(5,40)33-26(43-29(39)21-13-14-23(37)34(7)17-21)24(30(3,4)45-33)25(42-19(2)36)27(32(22,33)6)44-28(38)20-11-9-8-10-12-20/h8-14,17,22,24-27,40H,15-16H2,1-7H3/t22-,24-,25-,26-,27+,31-,32-,33+/m0/s1. The average Bonchev–Trinajstić information content (AvgIpc) is 3.17. The Kier molecular flexibility index (Phi) is 7.98. The molecule has 12 nitrogen and oxygen atoms in total. The van der Waals surface area contributed by atoms with Crippen molar-refractivity contribution in [3.63, 3.8) is 0 Å². The average molecular weight is 626 g/mol. The number of aliphatic hydroxyl groups is 1. The number of nitrogens with zero attached hydrogens (tertiary/aromatic N) is 1. The highest BCUT2D eigenvalue weighted by atomic mass is 16.6. The predicted octanol–water partition coefficient (Wildman–Crippen LogP) is 2.73. The third kappa shape index (κ3) is 5.04. The van der Waals surface area contributed by atoms with Crippen molar-refractivity contribution in [2.45, 2.75) is 95.6 Å². The summed E-state index contributed by atoms with van der Waals surface area (Å²) in [4.78, 5) is 64.6. The fraction of sp³-hybridized carbons (Fsp3) is 0.545. The summed E-state index contributed by atoms with van der Waals surface area (Å²) in [5.74, 6) is -3.86. The number of carbonyl (C=O) groups is 4. The first-order valence-electron chi connectivity index (χ1n) is 14.9. The highest BCUT2D eigenvalue weighted by molar-refractivity contribution is 5.90. The topological polar surface area (TPSA) is 157 Å². The molecule has 0 unspecified atom stereocenters. The van der Waals surface area contributed by atoms with Crippen molar-refractivity contribution in [3.8, 4) is 0 Å². The molecule has 3 aliphatic rings. The van der Waals surface area contributed by atoms with E-state index in [2.05, 4.69) is 0 Å². The van der Waals surface area contributed by atoms with Crippen LogP contribution in [0.3, 0.4) is 0 Å². The second kappa shape index (κ2) is 11.1. The van der Waals surface area contributed by atoms with Crippen LogP contribution in [0, 0.1) is 11.3 Å². The molecular formula is C33H39NO11. The van der Waals surface area contributed by atoms with Crippen LogP contribution in [0.4, 0.5) is 0 Å². The highest BCUT2D eigenvalue weighted by Gasteiger charge is 2.85. The maximum Gasteiger partial charge on any atom is 0.340 e. The Bertz CT molecular complexity index is 1580. The molecule has 45 heavy (non-hydrogen) atoms. The summed E-state index contributed by atoms with van der Waals surface area (Å²) in [6, 6.07) is 10.8. The number of aryl methyl sites for hydroxylation is 1. The lowest BCUT2D eigenvalue weighted by Gasteiger charge is -2.65. The van der Waals surface area contributed by atoms with E-state index in [1.807, 2.05) is 0 Å². The highest BCUT2D eigenvalue weighted by Crippen LogP contribution is 2.69. The second-order valence-electron chi connectivity index (χ2n) is 13.1. The van der Waals surface area contributed by atoms with Gasteiger partial charge in [0, 0.05) is 33.2 Å². The van der Waals surface area contributed by atoms with Gasteiger partial charge in [0.05, 0.1) is 33.7 Å². The normalized spacial score (nSPS) is 34.6. The van der Waals surface area contributed by atoms with E-state index >= 15 is 0 Å². The molecule has 5 rings (SSSR count). The van der Waals surface area contributed by atoms with Gasteiger partial charge in [0.1, 0.15) is 23.9 Å². The molecule has 0 amide bonds. The molecule has 242 valence electrons. The Balaban J connectivity index is 1.75. The van der Waals surface area contributed by atoms with Crippen molar-refractivity contribution in [3.05, 3.63) is 70.1 Å². The minimum Gasteiger partial charge on any atom is -0.462 e. The molecule has 2 saturated carbocycles. The molecule has 12 heteroatoms. The van der Waals surface area contributed by atoms with Gasteiger partial charge in [-0.2, -0.15) is 0 Å². The Morgan fingerprint density at radius 1 is 0.844 bits per heavy atom. The summed E-state index contributed by atoms with van der Waals surface area (Å²) in [5.41, 5.74) is -6.52. The van der Waals surface area contributed by atoms with Crippen LogP contribution < -0.4 is 5.56 Å². The van der Waals surface area contributed by atoms with Gasteiger partial charge in [-0.15, -0.1) is 0 Å². The summed E-state index contributed by atoms with van der Waals surface area (Å²) in [6.07, 6.45) is -3.41. The first-order valence-corrected chi connectivity index (χ1v) is 14.9. The van der Waals surface area contributed by atoms with E-state index in [9.17, 15) is 29.1 Å². The Hall–Kier alpha value is -4.03. The summed E-state index contributed by atoms with van der Waals surface area (Å²) >= 11 is 0. The smallest absolute Gasteiger partial charge is 0.340 e. The number of pyridine rings is 1. The van der Waals surface area contributed by atoms with E-state index < -0.39 is 76.4 Å². The van der Waals surface area contributed by atoms with E-state index in [1.54, 1.807) is 58.0 Å². The van der Waals surface area contributed by atoms with E-state index in [0.29, 0.717) is 0 Å². The van der Waals surface area contributed by atoms with Gasteiger partial charge < -0.3 is 33.4 Å². The molecule has 0 radical (unpaired) electrons. The van der Waals surface area contributed by atoms with Crippen molar-refractivity contribution in [1.29, 1.82) is 0 Å². The number of benzene rings is 1. The van der Waals surface area contributed by atoms with Gasteiger partial charge in [-0.1, -0.05) is 18.2 Å². The minimum absolute atomic E-state index is 0.0565. The molecule has 1 spiro atoms. The van der Waals surface area contributed by atoms with Crippen LogP contribution in [0.5, 0.6) is 0 Å². The van der Waals surface area contributed by atoms with Gasteiger partial charge in [0.25, 0.3) is 0 Å². The summed E-state index contributed by atoms with van der Waals surface area (Å²) < 4.78 is 32.4. The minimum atomic E-state index is -1.85. The monoisotopic (exact) mass is 625 g/mol. The molecule has 1 N–H and O–H groups in total. The van der Waals surface area contributed by atoms with Crippen molar-refractivity contribution < 1.29 is 48.0 Å². The summed E-state index contributed by atoms with van der Waals surface area (Å²) in [5, 5.41) is 12.3. The quantitative estimate of drug-likeness (QED) is 0.372. The number of hydrogen-bond donors (Lipinski definition) is 1. The Morgan fingerprint density at radius 3 is 2.04 bits per heavy atom. The zero-order chi connectivity index (χ0) is 33.1. The molecule has 2 aromatic rings. The molecular weight excluding hydrogens is 586 g/mol. The molecule has 2 aliphatic carbocycles.